The Morgan fingerprint density at radius 2 is 2.15 bits per heavy atom. The van der Waals surface area contributed by atoms with Gasteiger partial charge in [0.05, 0.1) is 11.0 Å². The molecule has 1 aliphatic rings. The summed E-state index contributed by atoms with van der Waals surface area (Å²) in [4.78, 5) is 34.0. The first-order chi connectivity index (χ1) is 6.07. The van der Waals surface area contributed by atoms with Gasteiger partial charge in [-0.15, -0.1) is 11.8 Å². The van der Waals surface area contributed by atoms with Gasteiger partial charge in [0.2, 0.25) is 0 Å². The maximum absolute atomic E-state index is 11.5. The highest BCUT2D eigenvalue weighted by atomic mass is 32.2. The molecule has 3 nitrogen and oxygen atoms in total. The van der Waals surface area contributed by atoms with Gasteiger partial charge >= 0.3 is 0 Å². The minimum absolute atomic E-state index is 0.210. The Morgan fingerprint density at radius 3 is 2.69 bits per heavy atom. The zero-order valence-electron chi connectivity index (χ0n) is 7.70. The number of Topliss-reactive ketones (excluding diaryl/α,β-unsaturated/α-hetero) is 3. The van der Waals surface area contributed by atoms with E-state index in [1.165, 1.54) is 11.8 Å². The number of carbonyl (C=O) groups is 3. The molecule has 0 aromatic rings. The predicted molar refractivity (Wildman–Crippen MR) is 50.7 cm³/mol. The van der Waals surface area contributed by atoms with Gasteiger partial charge in [-0.3, -0.25) is 14.4 Å². The Hall–Kier alpha value is -0.640. The van der Waals surface area contributed by atoms with E-state index >= 15 is 0 Å². The van der Waals surface area contributed by atoms with Gasteiger partial charge in [-0.1, -0.05) is 6.92 Å². The summed E-state index contributed by atoms with van der Waals surface area (Å²) in [5.41, 5.74) is 0. The molecule has 0 N–H and O–H groups in total. The summed E-state index contributed by atoms with van der Waals surface area (Å²) in [7, 11) is 0. The SMILES string of the molecule is CCC(=O)C1C(=O)CSC(C)C1=O. The second kappa shape index (κ2) is 4.05. The van der Waals surface area contributed by atoms with Crippen LogP contribution >= 0.6 is 11.8 Å². The molecule has 0 amide bonds. The molecule has 0 aromatic heterocycles. The van der Waals surface area contributed by atoms with E-state index in [1.807, 2.05) is 0 Å². The van der Waals surface area contributed by atoms with Crippen LogP contribution in [0.5, 0.6) is 0 Å². The van der Waals surface area contributed by atoms with Crippen molar-refractivity contribution in [2.45, 2.75) is 25.5 Å². The molecule has 0 spiro atoms. The smallest absolute Gasteiger partial charge is 0.163 e. The van der Waals surface area contributed by atoms with Crippen LogP contribution < -0.4 is 0 Å². The van der Waals surface area contributed by atoms with Crippen molar-refractivity contribution < 1.29 is 14.4 Å². The molecule has 1 fully saturated rings. The van der Waals surface area contributed by atoms with Gasteiger partial charge < -0.3 is 0 Å². The van der Waals surface area contributed by atoms with E-state index in [4.69, 9.17) is 0 Å². The third kappa shape index (κ3) is 1.99. The van der Waals surface area contributed by atoms with Gasteiger partial charge in [0.1, 0.15) is 5.92 Å². The van der Waals surface area contributed by atoms with Crippen molar-refractivity contribution >= 4 is 29.1 Å². The molecule has 1 aliphatic heterocycles. The molecule has 1 saturated heterocycles. The highest BCUT2D eigenvalue weighted by molar-refractivity contribution is 8.01. The molecule has 0 radical (unpaired) electrons. The first-order valence-electron chi connectivity index (χ1n) is 4.28. The van der Waals surface area contributed by atoms with Gasteiger partial charge in [-0.2, -0.15) is 0 Å². The number of hydrogen-bond acceptors (Lipinski definition) is 4. The van der Waals surface area contributed by atoms with E-state index in [1.54, 1.807) is 13.8 Å². The summed E-state index contributed by atoms with van der Waals surface area (Å²) in [6.07, 6.45) is 0.263. The molecule has 4 heteroatoms. The maximum atomic E-state index is 11.5. The third-order valence-electron chi connectivity index (χ3n) is 2.15. The summed E-state index contributed by atoms with van der Waals surface area (Å²) < 4.78 is 0. The molecule has 2 unspecified atom stereocenters. The first-order valence-corrected chi connectivity index (χ1v) is 5.33. The molecule has 0 aliphatic carbocycles. The Morgan fingerprint density at radius 1 is 1.54 bits per heavy atom. The van der Waals surface area contributed by atoms with E-state index in [0.717, 1.165) is 0 Å². The quantitative estimate of drug-likeness (QED) is 0.620. The Labute approximate surface area is 81.3 Å². The first kappa shape index (κ1) is 10.4. The molecule has 72 valence electrons. The van der Waals surface area contributed by atoms with Crippen LogP contribution in [0.2, 0.25) is 0 Å². The van der Waals surface area contributed by atoms with Crippen LogP contribution in [-0.4, -0.2) is 28.4 Å². The Bertz CT molecular complexity index is 252. The lowest BCUT2D eigenvalue weighted by atomic mass is 9.91. The molecular formula is C9H12O3S. The minimum Gasteiger partial charge on any atom is -0.298 e. The van der Waals surface area contributed by atoms with Crippen LogP contribution in [-0.2, 0) is 14.4 Å². The molecular weight excluding hydrogens is 188 g/mol. The van der Waals surface area contributed by atoms with Gasteiger partial charge in [0, 0.05) is 6.42 Å². The lowest BCUT2D eigenvalue weighted by Gasteiger charge is -2.22. The van der Waals surface area contributed by atoms with Crippen molar-refractivity contribution in [1.82, 2.24) is 0 Å². The number of carbonyl (C=O) groups excluding carboxylic acids is 3. The average Bonchev–Trinajstić information content (AvgIpc) is 2.12. The molecule has 13 heavy (non-hydrogen) atoms. The average molecular weight is 200 g/mol. The van der Waals surface area contributed by atoms with Gasteiger partial charge in [0.15, 0.2) is 17.3 Å². The highest BCUT2D eigenvalue weighted by Gasteiger charge is 2.39. The van der Waals surface area contributed by atoms with E-state index in [2.05, 4.69) is 0 Å². The Kier molecular flexibility index (Phi) is 3.25. The summed E-state index contributed by atoms with van der Waals surface area (Å²) in [6, 6.07) is 0. The summed E-state index contributed by atoms with van der Waals surface area (Å²) in [6.45, 7) is 3.42. The van der Waals surface area contributed by atoms with Crippen molar-refractivity contribution in [3.63, 3.8) is 0 Å². The van der Waals surface area contributed by atoms with E-state index in [9.17, 15) is 14.4 Å². The van der Waals surface area contributed by atoms with Crippen LogP contribution in [0.25, 0.3) is 0 Å². The summed E-state index contributed by atoms with van der Waals surface area (Å²) >= 11 is 1.31. The molecule has 0 aromatic carbocycles. The summed E-state index contributed by atoms with van der Waals surface area (Å²) in [5, 5.41) is -0.210. The fraction of sp³-hybridized carbons (Fsp3) is 0.667. The van der Waals surface area contributed by atoms with Gasteiger partial charge in [-0.25, -0.2) is 0 Å². The fourth-order valence-electron chi connectivity index (χ4n) is 1.31. The topological polar surface area (TPSA) is 51.2 Å². The van der Waals surface area contributed by atoms with Crippen LogP contribution in [0.1, 0.15) is 20.3 Å². The molecule has 1 rings (SSSR count). The normalized spacial score (nSPS) is 29.1. The minimum atomic E-state index is -0.957. The standard InChI is InChI=1S/C9H12O3S/c1-3-6(10)8-7(11)4-13-5(2)9(8)12/h5,8H,3-4H2,1-2H3. The van der Waals surface area contributed by atoms with Gasteiger partial charge in [0.25, 0.3) is 0 Å². The monoisotopic (exact) mass is 200 g/mol. The van der Waals surface area contributed by atoms with E-state index in [0.29, 0.717) is 5.75 Å². The second-order valence-corrected chi connectivity index (χ2v) is 4.40. The Balaban J connectivity index is 2.84. The van der Waals surface area contributed by atoms with E-state index in [-0.39, 0.29) is 29.0 Å². The lowest BCUT2D eigenvalue weighted by molar-refractivity contribution is -0.139. The van der Waals surface area contributed by atoms with Crippen LogP contribution in [0, 0.1) is 5.92 Å². The molecule has 2 atom stereocenters. The lowest BCUT2D eigenvalue weighted by Crippen LogP contribution is -2.41. The second-order valence-electron chi connectivity index (χ2n) is 3.07. The number of rotatable bonds is 2. The van der Waals surface area contributed by atoms with Crippen LogP contribution in [0.15, 0.2) is 0 Å². The van der Waals surface area contributed by atoms with Crippen LogP contribution in [0.4, 0.5) is 0 Å². The van der Waals surface area contributed by atoms with E-state index < -0.39 is 5.92 Å². The highest BCUT2D eigenvalue weighted by Crippen LogP contribution is 2.25. The molecule has 0 bridgehead atoms. The molecule has 1 heterocycles. The number of thioether (sulfide) groups is 1. The zero-order valence-corrected chi connectivity index (χ0v) is 8.52. The number of ketones is 3. The van der Waals surface area contributed by atoms with Crippen molar-refractivity contribution in [3.05, 3.63) is 0 Å². The maximum Gasteiger partial charge on any atom is 0.163 e. The fourth-order valence-corrected chi connectivity index (χ4v) is 2.19. The third-order valence-corrected chi connectivity index (χ3v) is 3.34. The predicted octanol–water partition coefficient (Wildman–Crippen LogP) is 0.855. The van der Waals surface area contributed by atoms with Gasteiger partial charge in [-0.05, 0) is 6.92 Å². The number of hydrogen-bond donors (Lipinski definition) is 0. The van der Waals surface area contributed by atoms with Crippen LogP contribution in [0.3, 0.4) is 0 Å². The summed E-state index contributed by atoms with van der Waals surface area (Å²) in [5.74, 6) is -1.33. The van der Waals surface area contributed by atoms with Crippen molar-refractivity contribution in [3.8, 4) is 0 Å². The van der Waals surface area contributed by atoms with Crippen molar-refractivity contribution in [1.29, 1.82) is 0 Å². The van der Waals surface area contributed by atoms with Crippen molar-refractivity contribution in [2.75, 3.05) is 5.75 Å². The van der Waals surface area contributed by atoms with Crippen molar-refractivity contribution in [2.24, 2.45) is 5.92 Å². The largest absolute Gasteiger partial charge is 0.298 e. The zero-order chi connectivity index (χ0) is 10.0. The molecule has 0 saturated carbocycles.